The van der Waals surface area contributed by atoms with Crippen LogP contribution in [0.5, 0.6) is 0 Å². The van der Waals surface area contributed by atoms with Crippen molar-refractivity contribution in [2.45, 2.75) is 98.9 Å². The minimum Gasteiger partial charge on any atom is -0.394 e. The van der Waals surface area contributed by atoms with Crippen molar-refractivity contribution in [3.63, 3.8) is 0 Å². The van der Waals surface area contributed by atoms with Crippen molar-refractivity contribution < 1.29 is 54.0 Å². The highest BCUT2D eigenvalue weighted by molar-refractivity contribution is 4.99. The number of methoxy groups -OCH3 is 1. The second kappa shape index (κ2) is 11.6. The van der Waals surface area contributed by atoms with Crippen molar-refractivity contribution in [2.24, 2.45) is 22.9 Å². The van der Waals surface area contributed by atoms with Gasteiger partial charge in [-0.1, -0.05) is 0 Å². The molecule has 200 valence electrons. The zero-order valence-electron chi connectivity index (χ0n) is 19.1. The molecule has 0 spiro atoms. The summed E-state index contributed by atoms with van der Waals surface area (Å²) in [6, 6.07) is -3.05. The molecule has 0 aromatic carbocycles. The van der Waals surface area contributed by atoms with Crippen LogP contribution < -0.4 is 22.9 Å². The van der Waals surface area contributed by atoms with Gasteiger partial charge in [-0.05, 0) is 6.92 Å². The van der Waals surface area contributed by atoms with Crippen LogP contribution in [-0.2, 0) is 28.4 Å². The lowest BCUT2D eigenvalue weighted by molar-refractivity contribution is -0.356. The molecule has 34 heavy (non-hydrogen) atoms. The highest BCUT2D eigenvalue weighted by Gasteiger charge is 2.52. The van der Waals surface area contributed by atoms with Crippen molar-refractivity contribution in [2.75, 3.05) is 20.3 Å². The first-order valence-electron chi connectivity index (χ1n) is 11.2. The first-order chi connectivity index (χ1) is 16.0. The van der Waals surface area contributed by atoms with Gasteiger partial charge in [0, 0.05) is 13.7 Å². The minimum absolute atomic E-state index is 0.122. The van der Waals surface area contributed by atoms with Gasteiger partial charge in [0.1, 0.15) is 48.8 Å². The fourth-order valence-corrected chi connectivity index (χ4v) is 4.36. The van der Waals surface area contributed by atoms with Crippen LogP contribution >= 0.6 is 0 Å². The summed E-state index contributed by atoms with van der Waals surface area (Å²) < 4.78 is 34.2. The lowest BCUT2D eigenvalue weighted by atomic mass is 9.94. The van der Waals surface area contributed by atoms with Gasteiger partial charge < -0.3 is 76.9 Å². The topological polar surface area (TPSA) is 261 Å². The van der Waals surface area contributed by atoms with Crippen LogP contribution in [0.15, 0.2) is 0 Å². The molecule has 0 unspecified atom stereocenters. The number of nitrogens with two attached hydrogens (primary N) is 4. The summed E-state index contributed by atoms with van der Waals surface area (Å²) in [5.74, 6) is 0. The molecule has 0 radical (unpaired) electrons. The number of ether oxygens (including phenoxy) is 6. The molecule has 0 aromatic heterocycles. The van der Waals surface area contributed by atoms with Crippen LogP contribution in [0.25, 0.3) is 0 Å². The molecule has 13 N–H and O–H groups in total. The maximum absolute atomic E-state index is 10.5. The first kappa shape index (κ1) is 28.0. The standard InChI is InChI=1S/C19H38N4O11/c1-5-8(21)12(26)14(28)19(30-5)33-15-7(4-24)32-17(29-2)10(23)16(15)34-18-9(22)13(27)11(25)6(3-20)31-18/h5-19,24-28H,3-4,20-23H2,1-2H3/t5-,6-,7-,8-,9-,10-,11-,12+,13-,14-,15-,16-,17-,18-,19+/m1/s1. The Kier molecular flexibility index (Phi) is 9.57. The quantitative estimate of drug-likeness (QED) is 0.158. The van der Waals surface area contributed by atoms with E-state index in [4.69, 9.17) is 51.4 Å². The molecule has 3 heterocycles. The minimum atomic E-state index is -1.52. The molecule has 15 nitrogen and oxygen atoms in total. The molecule has 3 rings (SSSR count). The van der Waals surface area contributed by atoms with E-state index in [2.05, 4.69) is 0 Å². The number of rotatable bonds is 7. The molecule has 3 aliphatic rings. The van der Waals surface area contributed by atoms with Gasteiger partial charge in [0.25, 0.3) is 0 Å². The number of aliphatic hydroxyl groups is 5. The maximum atomic E-state index is 10.5. The highest BCUT2D eigenvalue weighted by atomic mass is 16.8. The Morgan fingerprint density at radius 1 is 0.706 bits per heavy atom. The molecular weight excluding hydrogens is 460 g/mol. The summed E-state index contributed by atoms with van der Waals surface area (Å²) in [6.07, 6.45) is -14.3. The first-order valence-corrected chi connectivity index (χ1v) is 11.2. The van der Waals surface area contributed by atoms with Crippen molar-refractivity contribution in [1.29, 1.82) is 0 Å². The molecular formula is C19H38N4O11. The van der Waals surface area contributed by atoms with Gasteiger partial charge >= 0.3 is 0 Å². The largest absolute Gasteiger partial charge is 0.394 e. The zero-order valence-corrected chi connectivity index (χ0v) is 19.1. The van der Waals surface area contributed by atoms with E-state index in [1.54, 1.807) is 6.92 Å². The molecule has 0 aliphatic carbocycles. The summed E-state index contributed by atoms with van der Waals surface area (Å²) in [7, 11) is 1.35. The van der Waals surface area contributed by atoms with Gasteiger partial charge in [-0.15, -0.1) is 0 Å². The maximum Gasteiger partial charge on any atom is 0.187 e. The number of hydrogen-bond donors (Lipinski definition) is 9. The van der Waals surface area contributed by atoms with E-state index in [1.807, 2.05) is 0 Å². The Labute approximate surface area is 196 Å². The Morgan fingerprint density at radius 3 is 1.88 bits per heavy atom. The molecule has 0 aromatic rings. The summed E-state index contributed by atoms with van der Waals surface area (Å²) in [6.45, 7) is 0.927. The Morgan fingerprint density at radius 2 is 1.29 bits per heavy atom. The summed E-state index contributed by atoms with van der Waals surface area (Å²) >= 11 is 0. The average molecular weight is 499 g/mol. The molecule has 0 saturated carbocycles. The van der Waals surface area contributed by atoms with Gasteiger partial charge in [0.15, 0.2) is 18.9 Å². The molecule has 3 saturated heterocycles. The molecule has 15 atom stereocenters. The van der Waals surface area contributed by atoms with Crippen molar-refractivity contribution in [3.05, 3.63) is 0 Å². The van der Waals surface area contributed by atoms with Crippen LogP contribution in [0.3, 0.4) is 0 Å². The number of aliphatic hydroxyl groups excluding tert-OH is 5. The highest BCUT2D eigenvalue weighted by Crippen LogP contribution is 2.32. The molecule has 3 aliphatic heterocycles. The van der Waals surface area contributed by atoms with E-state index in [0.717, 1.165) is 0 Å². The number of hydrogen-bond acceptors (Lipinski definition) is 15. The van der Waals surface area contributed by atoms with Crippen LogP contribution in [0.1, 0.15) is 6.92 Å². The van der Waals surface area contributed by atoms with Crippen molar-refractivity contribution in [1.82, 2.24) is 0 Å². The van der Waals surface area contributed by atoms with E-state index in [1.165, 1.54) is 7.11 Å². The fourth-order valence-electron chi connectivity index (χ4n) is 4.36. The average Bonchev–Trinajstić information content (AvgIpc) is 2.83. The van der Waals surface area contributed by atoms with Crippen molar-refractivity contribution in [3.8, 4) is 0 Å². The van der Waals surface area contributed by atoms with Gasteiger partial charge in [0.2, 0.25) is 0 Å². The van der Waals surface area contributed by atoms with Crippen LogP contribution in [-0.4, -0.2) is 138 Å². The van der Waals surface area contributed by atoms with E-state index >= 15 is 0 Å². The third-order valence-corrected chi connectivity index (χ3v) is 6.58. The summed E-state index contributed by atoms with van der Waals surface area (Å²) in [5, 5.41) is 51.1. The zero-order chi connectivity index (χ0) is 25.3. The Bertz CT molecular complexity index is 651. The lowest BCUT2D eigenvalue weighted by Gasteiger charge is -2.49. The molecule has 3 fully saturated rings. The predicted octanol–water partition coefficient (Wildman–Crippen LogP) is -6.03. The Balaban J connectivity index is 1.86. The van der Waals surface area contributed by atoms with E-state index in [-0.39, 0.29) is 6.54 Å². The molecule has 0 amide bonds. The van der Waals surface area contributed by atoms with E-state index < -0.39 is 98.5 Å². The fraction of sp³-hybridized carbons (Fsp3) is 1.00. The van der Waals surface area contributed by atoms with Crippen LogP contribution in [0.4, 0.5) is 0 Å². The molecule has 15 heteroatoms. The Hall–Kier alpha value is -0.600. The SMILES string of the molecule is CO[C@@H]1O[C@H](CO)[C@@H](O[C@@H]2O[C@H](C)[C@@H](N)[C@H](O)[C@H]2O)[C@H](O[C@H]2O[C@H](CN)[C@@H](O)[C@H](O)[C@H]2N)[C@H]1N. The monoisotopic (exact) mass is 498 g/mol. The lowest BCUT2D eigenvalue weighted by Crippen LogP contribution is -2.69. The van der Waals surface area contributed by atoms with Gasteiger partial charge in [-0.3, -0.25) is 0 Å². The van der Waals surface area contributed by atoms with Crippen LogP contribution in [0, 0.1) is 0 Å². The van der Waals surface area contributed by atoms with E-state index in [0.29, 0.717) is 0 Å². The normalized spacial score (nSPS) is 52.5. The summed E-state index contributed by atoms with van der Waals surface area (Å²) in [5.41, 5.74) is 23.8. The molecule has 0 bridgehead atoms. The van der Waals surface area contributed by atoms with Gasteiger partial charge in [0.05, 0.1) is 30.8 Å². The van der Waals surface area contributed by atoms with Crippen LogP contribution in [0.2, 0.25) is 0 Å². The van der Waals surface area contributed by atoms with Crippen molar-refractivity contribution >= 4 is 0 Å². The van der Waals surface area contributed by atoms with E-state index in [9.17, 15) is 25.5 Å². The van der Waals surface area contributed by atoms with Gasteiger partial charge in [-0.2, -0.15) is 0 Å². The predicted molar refractivity (Wildman–Crippen MR) is 113 cm³/mol. The third-order valence-electron chi connectivity index (χ3n) is 6.58. The van der Waals surface area contributed by atoms with Gasteiger partial charge in [-0.25, -0.2) is 0 Å². The second-order valence-electron chi connectivity index (χ2n) is 8.85. The summed E-state index contributed by atoms with van der Waals surface area (Å²) in [4.78, 5) is 0. The smallest absolute Gasteiger partial charge is 0.187 e. The second-order valence-corrected chi connectivity index (χ2v) is 8.85. The third kappa shape index (κ3) is 5.39.